The average molecular weight is 286 g/mol. The summed E-state index contributed by atoms with van der Waals surface area (Å²) in [5, 5.41) is 0. The summed E-state index contributed by atoms with van der Waals surface area (Å²) in [6.07, 6.45) is 1.16. The first kappa shape index (κ1) is 16.9. The minimum atomic E-state index is -1.23. The van der Waals surface area contributed by atoms with Gasteiger partial charge in [-0.3, -0.25) is 4.79 Å². The van der Waals surface area contributed by atoms with E-state index in [9.17, 15) is 9.59 Å². The number of hydrogen-bond acceptors (Lipinski definition) is 6. The van der Waals surface area contributed by atoms with Crippen LogP contribution in [0.4, 0.5) is 0 Å². The van der Waals surface area contributed by atoms with Crippen molar-refractivity contribution in [3.8, 4) is 0 Å². The van der Waals surface area contributed by atoms with Gasteiger partial charge in [0, 0.05) is 6.04 Å². The van der Waals surface area contributed by atoms with E-state index in [0.717, 1.165) is 0 Å². The second kappa shape index (κ2) is 6.10. The molecule has 0 spiro atoms. The van der Waals surface area contributed by atoms with Gasteiger partial charge in [-0.15, -0.1) is 0 Å². The molecule has 0 amide bonds. The molecule has 0 aromatic heterocycles. The number of rotatable bonds is 3. The highest BCUT2D eigenvalue weighted by Gasteiger charge is 2.48. The van der Waals surface area contributed by atoms with Crippen molar-refractivity contribution >= 4 is 11.9 Å². The van der Waals surface area contributed by atoms with E-state index >= 15 is 0 Å². The van der Waals surface area contributed by atoms with E-state index in [4.69, 9.17) is 20.9 Å². The molecule has 6 nitrogen and oxygen atoms in total. The summed E-state index contributed by atoms with van der Waals surface area (Å²) in [6, 6.07) is -0.611. The van der Waals surface area contributed by atoms with Crippen LogP contribution in [0.1, 0.15) is 47.0 Å². The molecule has 116 valence electrons. The Balaban J connectivity index is 2.71. The highest BCUT2D eigenvalue weighted by molar-refractivity contribution is 5.83. The fourth-order valence-electron chi connectivity index (χ4n) is 2.33. The molecule has 3 atom stereocenters. The fraction of sp³-hybridized carbons (Fsp3) is 0.857. The molecule has 20 heavy (non-hydrogen) atoms. The summed E-state index contributed by atoms with van der Waals surface area (Å²) < 4.78 is 10.3. The van der Waals surface area contributed by atoms with Crippen LogP contribution >= 0.6 is 0 Å². The Morgan fingerprint density at radius 2 is 1.95 bits per heavy atom. The lowest BCUT2D eigenvalue weighted by Crippen LogP contribution is -2.65. The van der Waals surface area contributed by atoms with Crippen LogP contribution < -0.4 is 11.5 Å². The first-order chi connectivity index (χ1) is 9.10. The van der Waals surface area contributed by atoms with Crippen LogP contribution in [0.2, 0.25) is 0 Å². The number of esters is 2. The van der Waals surface area contributed by atoms with Gasteiger partial charge < -0.3 is 20.9 Å². The molecule has 0 heterocycles. The summed E-state index contributed by atoms with van der Waals surface area (Å²) in [5.41, 5.74) is 10.3. The monoisotopic (exact) mass is 286 g/mol. The van der Waals surface area contributed by atoms with Crippen LogP contribution in [0.5, 0.6) is 0 Å². The molecule has 6 heteroatoms. The van der Waals surface area contributed by atoms with E-state index in [-0.39, 0.29) is 11.9 Å². The lowest BCUT2D eigenvalue weighted by molar-refractivity contribution is -0.166. The van der Waals surface area contributed by atoms with Gasteiger partial charge in [0.05, 0.1) is 12.5 Å². The van der Waals surface area contributed by atoms with Crippen LogP contribution in [0.15, 0.2) is 0 Å². The normalized spacial score (nSPS) is 30.7. The molecule has 1 aliphatic rings. The van der Waals surface area contributed by atoms with Gasteiger partial charge in [0.1, 0.15) is 11.1 Å². The number of hydrogen-bond donors (Lipinski definition) is 2. The zero-order chi connectivity index (χ0) is 15.6. The van der Waals surface area contributed by atoms with Gasteiger partial charge in [-0.1, -0.05) is 0 Å². The molecular weight excluding hydrogens is 260 g/mol. The molecule has 1 fully saturated rings. The molecule has 0 radical (unpaired) electrons. The van der Waals surface area contributed by atoms with Gasteiger partial charge in [0.15, 0.2) is 0 Å². The summed E-state index contributed by atoms with van der Waals surface area (Å²) in [5.74, 6) is -1.06. The number of carbonyl (C=O) groups excluding carboxylic acids is 2. The minimum absolute atomic E-state index is 0.269. The predicted molar refractivity (Wildman–Crippen MR) is 74.7 cm³/mol. The third kappa shape index (κ3) is 3.93. The van der Waals surface area contributed by atoms with Gasteiger partial charge in [0.2, 0.25) is 0 Å². The van der Waals surface area contributed by atoms with Crippen LogP contribution in [0.25, 0.3) is 0 Å². The van der Waals surface area contributed by atoms with E-state index in [1.54, 1.807) is 27.7 Å². The third-order valence-corrected chi connectivity index (χ3v) is 3.51. The molecule has 0 aromatic rings. The fourth-order valence-corrected chi connectivity index (χ4v) is 2.33. The van der Waals surface area contributed by atoms with Crippen molar-refractivity contribution < 1.29 is 19.1 Å². The van der Waals surface area contributed by atoms with Crippen molar-refractivity contribution in [1.29, 1.82) is 0 Å². The molecule has 1 aliphatic carbocycles. The zero-order valence-corrected chi connectivity index (χ0v) is 12.8. The maximum Gasteiger partial charge on any atom is 0.328 e. The molecule has 1 rings (SSSR count). The lowest BCUT2D eigenvalue weighted by atomic mass is 9.73. The van der Waals surface area contributed by atoms with Gasteiger partial charge in [-0.25, -0.2) is 4.79 Å². The number of ether oxygens (including phenoxy) is 2. The van der Waals surface area contributed by atoms with Crippen LogP contribution in [0.3, 0.4) is 0 Å². The molecule has 1 saturated carbocycles. The van der Waals surface area contributed by atoms with E-state index in [2.05, 4.69) is 0 Å². The maximum absolute atomic E-state index is 12.2. The van der Waals surface area contributed by atoms with Crippen molar-refractivity contribution in [3.05, 3.63) is 0 Å². The highest BCUT2D eigenvalue weighted by atomic mass is 16.6. The minimum Gasteiger partial charge on any atom is -0.466 e. The van der Waals surface area contributed by atoms with Crippen molar-refractivity contribution in [3.63, 3.8) is 0 Å². The van der Waals surface area contributed by atoms with E-state index in [0.29, 0.717) is 25.9 Å². The third-order valence-electron chi connectivity index (χ3n) is 3.51. The molecule has 0 aliphatic heterocycles. The van der Waals surface area contributed by atoms with Crippen LogP contribution in [-0.4, -0.2) is 35.7 Å². The van der Waals surface area contributed by atoms with Crippen molar-refractivity contribution in [2.75, 3.05) is 6.61 Å². The second-order valence-electron chi connectivity index (χ2n) is 6.37. The average Bonchev–Trinajstić information content (AvgIpc) is 2.30. The standard InChI is InChI=1S/C14H26N2O4/c1-5-19-11(17)9-6-7-14(16,10(15)8-9)12(18)20-13(2,3)4/h9-10H,5-8,15-16H2,1-4H3. The summed E-state index contributed by atoms with van der Waals surface area (Å²) >= 11 is 0. The molecule has 4 N–H and O–H groups in total. The second-order valence-corrected chi connectivity index (χ2v) is 6.37. The first-order valence-corrected chi connectivity index (χ1v) is 7.04. The molecule has 0 aromatic carbocycles. The Kier molecular flexibility index (Phi) is 5.15. The molecule has 0 bridgehead atoms. The summed E-state index contributed by atoms with van der Waals surface area (Å²) in [6.45, 7) is 7.44. The smallest absolute Gasteiger partial charge is 0.328 e. The molecular formula is C14H26N2O4. The predicted octanol–water partition coefficient (Wildman–Crippen LogP) is 0.716. The van der Waals surface area contributed by atoms with Crippen molar-refractivity contribution in [2.45, 2.75) is 64.1 Å². The Hall–Kier alpha value is -1.14. The quantitative estimate of drug-likeness (QED) is 0.741. The Labute approximate surface area is 120 Å². The van der Waals surface area contributed by atoms with E-state index in [1.165, 1.54) is 0 Å². The summed E-state index contributed by atoms with van der Waals surface area (Å²) in [7, 11) is 0. The SMILES string of the molecule is CCOC(=O)C1CCC(N)(C(=O)OC(C)(C)C)C(N)C1. The van der Waals surface area contributed by atoms with E-state index < -0.39 is 23.2 Å². The van der Waals surface area contributed by atoms with Gasteiger partial charge in [-0.05, 0) is 47.0 Å². The maximum atomic E-state index is 12.2. The van der Waals surface area contributed by atoms with Crippen molar-refractivity contribution in [2.24, 2.45) is 17.4 Å². The van der Waals surface area contributed by atoms with Gasteiger partial charge in [0.25, 0.3) is 0 Å². The number of carbonyl (C=O) groups is 2. The molecule has 0 saturated heterocycles. The van der Waals surface area contributed by atoms with E-state index in [1.807, 2.05) is 0 Å². The summed E-state index contributed by atoms with van der Waals surface area (Å²) in [4.78, 5) is 23.9. The van der Waals surface area contributed by atoms with Gasteiger partial charge in [-0.2, -0.15) is 0 Å². The van der Waals surface area contributed by atoms with Crippen molar-refractivity contribution in [1.82, 2.24) is 0 Å². The van der Waals surface area contributed by atoms with Crippen LogP contribution in [0, 0.1) is 5.92 Å². The van der Waals surface area contributed by atoms with Crippen LogP contribution in [-0.2, 0) is 19.1 Å². The Bertz CT molecular complexity index is 378. The highest BCUT2D eigenvalue weighted by Crippen LogP contribution is 2.32. The zero-order valence-electron chi connectivity index (χ0n) is 12.8. The number of nitrogens with two attached hydrogens (primary N) is 2. The largest absolute Gasteiger partial charge is 0.466 e. The Morgan fingerprint density at radius 1 is 1.35 bits per heavy atom. The molecule has 3 unspecified atom stereocenters. The lowest BCUT2D eigenvalue weighted by Gasteiger charge is -2.40. The van der Waals surface area contributed by atoms with Gasteiger partial charge >= 0.3 is 11.9 Å². The topological polar surface area (TPSA) is 105 Å². The Morgan fingerprint density at radius 3 is 2.40 bits per heavy atom. The first-order valence-electron chi connectivity index (χ1n) is 7.04.